The third kappa shape index (κ3) is 3.90. The zero-order valence-electron chi connectivity index (χ0n) is 11.9. The molecule has 7 heteroatoms. The standard InChI is InChI=1S/C14H21N3O4/c18-9-8-15-4-1-5-16(7-6-15)13-2-3-14(17(20)21)12(10-13)11-19/h2-3,10,18-19H,1,4-9,11H2. The summed E-state index contributed by atoms with van der Waals surface area (Å²) in [7, 11) is 0. The minimum absolute atomic E-state index is 0.0435. The number of nitrogens with zero attached hydrogens (tertiary/aromatic N) is 3. The Kier molecular flexibility index (Phi) is 5.49. The lowest BCUT2D eigenvalue weighted by Crippen LogP contribution is -2.32. The molecule has 7 nitrogen and oxygen atoms in total. The summed E-state index contributed by atoms with van der Waals surface area (Å²) in [4.78, 5) is 14.8. The van der Waals surface area contributed by atoms with Gasteiger partial charge in [0.25, 0.3) is 5.69 Å². The molecule has 0 aromatic heterocycles. The molecule has 0 radical (unpaired) electrons. The highest BCUT2D eigenvalue weighted by Gasteiger charge is 2.18. The van der Waals surface area contributed by atoms with Crippen LogP contribution in [0.25, 0.3) is 0 Å². The number of aliphatic hydroxyl groups excluding tert-OH is 2. The van der Waals surface area contributed by atoms with E-state index < -0.39 is 4.92 Å². The van der Waals surface area contributed by atoms with E-state index in [1.807, 2.05) is 0 Å². The second kappa shape index (κ2) is 7.35. The molecule has 0 aliphatic carbocycles. The monoisotopic (exact) mass is 295 g/mol. The average Bonchev–Trinajstić information content (AvgIpc) is 2.72. The Labute approximate surface area is 123 Å². The predicted molar refractivity (Wildman–Crippen MR) is 79.4 cm³/mol. The van der Waals surface area contributed by atoms with E-state index >= 15 is 0 Å². The highest BCUT2D eigenvalue weighted by Crippen LogP contribution is 2.25. The van der Waals surface area contributed by atoms with E-state index in [2.05, 4.69) is 9.80 Å². The van der Waals surface area contributed by atoms with Crippen LogP contribution in [0.3, 0.4) is 0 Å². The van der Waals surface area contributed by atoms with Gasteiger partial charge >= 0.3 is 0 Å². The van der Waals surface area contributed by atoms with E-state index in [0.29, 0.717) is 12.1 Å². The number of anilines is 1. The highest BCUT2D eigenvalue weighted by molar-refractivity contribution is 5.55. The molecule has 2 N–H and O–H groups in total. The van der Waals surface area contributed by atoms with E-state index in [9.17, 15) is 15.2 Å². The molecule has 1 heterocycles. The molecule has 116 valence electrons. The minimum Gasteiger partial charge on any atom is -0.395 e. The van der Waals surface area contributed by atoms with Crippen LogP contribution in [0, 0.1) is 10.1 Å². The van der Waals surface area contributed by atoms with Crippen molar-refractivity contribution in [2.75, 3.05) is 44.2 Å². The lowest BCUT2D eigenvalue weighted by molar-refractivity contribution is -0.385. The van der Waals surface area contributed by atoms with Crippen molar-refractivity contribution in [3.63, 3.8) is 0 Å². The molecular weight excluding hydrogens is 274 g/mol. The van der Waals surface area contributed by atoms with Gasteiger partial charge in [-0.3, -0.25) is 15.0 Å². The summed E-state index contributed by atoms with van der Waals surface area (Å²) >= 11 is 0. The maximum atomic E-state index is 10.9. The second-order valence-electron chi connectivity index (χ2n) is 5.13. The Morgan fingerprint density at radius 3 is 2.67 bits per heavy atom. The summed E-state index contributed by atoms with van der Waals surface area (Å²) in [6, 6.07) is 4.89. The molecule has 2 rings (SSSR count). The number of hydrogen-bond acceptors (Lipinski definition) is 6. The van der Waals surface area contributed by atoms with Gasteiger partial charge in [0, 0.05) is 37.9 Å². The number of aliphatic hydroxyl groups is 2. The van der Waals surface area contributed by atoms with Gasteiger partial charge < -0.3 is 15.1 Å². The number of nitro benzene ring substituents is 1. The van der Waals surface area contributed by atoms with Crippen molar-refractivity contribution in [1.29, 1.82) is 0 Å². The van der Waals surface area contributed by atoms with Gasteiger partial charge in [-0.15, -0.1) is 0 Å². The van der Waals surface area contributed by atoms with Crippen molar-refractivity contribution in [1.82, 2.24) is 4.90 Å². The first-order chi connectivity index (χ1) is 10.2. The summed E-state index contributed by atoms with van der Waals surface area (Å²) in [5.41, 5.74) is 1.20. The van der Waals surface area contributed by atoms with Gasteiger partial charge in [0.05, 0.1) is 23.7 Å². The van der Waals surface area contributed by atoms with Crippen molar-refractivity contribution in [2.24, 2.45) is 0 Å². The zero-order valence-corrected chi connectivity index (χ0v) is 11.9. The molecule has 0 unspecified atom stereocenters. The maximum absolute atomic E-state index is 10.9. The first kappa shape index (κ1) is 15.7. The van der Waals surface area contributed by atoms with Crippen molar-refractivity contribution in [3.8, 4) is 0 Å². The molecule has 21 heavy (non-hydrogen) atoms. The quantitative estimate of drug-likeness (QED) is 0.610. The average molecular weight is 295 g/mol. The molecule has 1 saturated heterocycles. The second-order valence-corrected chi connectivity index (χ2v) is 5.13. The fourth-order valence-corrected chi connectivity index (χ4v) is 2.67. The van der Waals surface area contributed by atoms with E-state index in [4.69, 9.17) is 5.11 Å². The molecule has 0 atom stereocenters. The SMILES string of the molecule is O=[N+]([O-])c1ccc(N2CCCN(CCO)CC2)cc1CO. The van der Waals surface area contributed by atoms with Gasteiger partial charge in [-0.25, -0.2) is 0 Å². The smallest absolute Gasteiger partial charge is 0.275 e. The van der Waals surface area contributed by atoms with Gasteiger partial charge in [-0.2, -0.15) is 0 Å². The number of benzene rings is 1. The van der Waals surface area contributed by atoms with E-state index in [1.165, 1.54) is 6.07 Å². The summed E-state index contributed by atoms with van der Waals surface area (Å²) in [5, 5.41) is 29.2. The van der Waals surface area contributed by atoms with E-state index in [0.717, 1.165) is 38.3 Å². The number of hydrogen-bond donors (Lipinski definition) is 2. The Hall–Kier alpha value is -1.70. The van der Waals surface area contributed by atoms with Crippen LogP contribution in [0.5, 0.6) is 0 Å². The van der Waals surface area contributed by atoms with Crippen LogP contribution in [-0.4, -0.2) is 59.4 Å². The van der Waals surface area contributed by atoms with Crippen molar-refractivity contribution < 1.29 is 15.1 Å². The van der Waals surface area contributed by atoms with Crippen molar-refractivity contribution in [3.05, 3.63) is 33.9 Å². The predicted octanol–water partition coefficient (Wildman–Crippen LogP) is 0.591. The van der Waals surface area contributed by atoms with Crippen LogP contribution in [0.1, 0.15) is 12.0 Å². The van der Waals surface area contributed by atoms with Gasteiger partial charge in [-0.1, -0.05) is 0 Å². The van der Waals surface area contributed by atoms with Gasteiger partial charge in [0.15, 0.2) is 0 Å². The Morgan fingerprint density at radius 1 is 1.19 bits per heavy atom. The highest BCUT2D eigenvalue weighted by atomic mass is 16.6. The van der Waals surface area contributed by atoms with Gasteiger partial charge in [0.1, 0.15) is 0 Å². The van der Waals surface area contributed by atoms with Crippen LogP contribution in [0.4, 0.5) is 11.4 Å². The van der Waals surface area contributed by atoms with Crippen molar-refractivity contribution in [2.45, 2.75) is 13.0 Å². The fraction of sp³-hybridized carbons (Fsp3) is 0.571. The zero-order chi connectivity index (χ0) is 15.2. The Morgan fingerprint density at radius 2 is 2.00 bits per heavy atom. The number of nitro groups is 1. The summed E-state index contributed by atoms with van der Waals surface area (Å²) in [5.74, 6) is 0. The lowest BCUT2D eigenvalue weighted by Gasteiger charge is -2.23. The molecule has 1 aromatic carbocycles. The van der Waals surface area contributed by atoms with E-state index in [1.54, 1.807) is 12.1 Å². The Bertz CT molecular complexity index is 495. The molecule has 1 aliphatic rings. The normalized spacial score (nSPS) is 16.8. The first-order valence-electron chi connectivity index (χ1n) is 7.12. The van der Waals surface area contributed by atoms with Crippen LogP contribution in [0.2, 0.25) is 0 Å². The minimum atomic E-state index is -0.471. The Balaban J connectivity index is 2.12. The molecule has 1 aliphatic heterocycles. The van der Waals surface area contributed by atoms with Gasteiger partial charge in [0.2, 0.25) is 0 Å². The topological polar surface area (TPSA) is 90.1 Å². The first-order valence-corrected chi connectivity index (χ1v) is 7.12. The molecule has 0 spiro atoms. The fourth-order valence-electron chi connectivity index (χ4n) is 2.67. The van der Waals surface area contributed by atoms with Crippen molar-refractivity contribution >= 4 is 11.4 Å². The largest absolute Gasteiger partial charge is 0.395 e. The third-order valence-electron chi connectivity index (χ3n) is 3.80. The molecule has 0 amide bonds. The summed E-state index contributed by atoms with van der Waals surface area (Å²) in [6.45, 7) is 3.97. The van der Waals surface area contributed by atoms with Crippen LogP contribution in [0.15, 0.2) is 18.2 Å². The third-order valence-corrected chi connectivity index (χ3v) is 3.80. The molecular formula is C14H21N3O4. The molecule has 1 fully saturated rings. The molecule has 0 saturated carbocycles. The number of β-amino-alcohol motifs (C(OH)–C–C–N with tert-alkyl or cyclic N) is 1. The lowest BCUT2D eigenvalue weighted by atomic mass is 10.1. The van der Waals surface area contributed by atoms with Crippen LogP contribution >= 0.6 is 0 Å². The summed E-state index contributed by atoms with van der Waals surface area (Å²) < 4.78 is 0. The van der Waals surface area contributed by atoms with E-state index in [-0.39, 0.29) is 18.9 Å². The van der Waals surface area contributed by atoms with Crippen LogP contribution in [-0.2, 0) is 6.61 Å². The summed E-state index contributed by atoms with van der Waals surface area (Å²) in [6.07, 6.45) is 0.978. The van der Waals surface area contributed by atoms with Gasteiger partial charge in [-0.05, 0) is 25.1 Å². The number of rotatable bonds is 5. The molecule has 1 aromatic rings. The maximum Gasteiger partial charge on any atom is 0.275 e. The molecule has 0 bridgehead atoms. The van der Waals surface area contributed by atoms with Crippen LogP contribution < -0.4 is 4.90 Å².